The van der Waals surface area contributed by atoms with Gasteiger partial charge in [0.25, 0.3) is 17.7 Å². The van der Waals surface area contributed by atoms with Crippen LogP contribution in [0.3, 0.4) is 0 Å². The Balaban J connectivity index is 1.80. The van der Waals surface area contributed by atoms with Gasteiger partial charge < -0.3 is 10.4 Å². The Morgan fingerprint density at radius 3 is 2.33 bits per heavy atom. The number of nitrogens with one attached hydrogen (secondary N) is 1. The van der Waals surface area contributed by atoms with E-state index in [1.54, 1.807) is 18.2 Å². The van der Waals surface area contributed by atoms with Gasteiger partial charge in [0.2, 0.25) is 0 Å². The minimum atomic E-state index is -1.09. The molecule has 138 valence electrons. The van der Waals surface area contributed by atoms with Gasteiger partial charge in [-0.2, -0.15) is 0 Å². The van der Waals surface area contributed by atoms with E-state index in [2.05, 4.69) is 5.32 Å². The molecule has 0 aromatic heterocycles. The lowest BCUT2D eigenvalue weighted by molar-refractivity contribution is -0.137. The number of amides is 3. The molecule has 0 saturated carbocycles. The van der Waals surface area contributed by atoms with E-state index in [9.17, 15) is 19.2 Å². The molecular weight excluding hydrogens is 348 g/mol. The van der Waals surface area contributed by atoms with Gasteiger partial charge in [-0.3, -0.25) is 24.1 Å². The van der Waals surface area contributed by atoms with Crippen molar-refractivity contribution in [1.29, 1.82) is 0 Å². The summed E-state index contributed by atoms with van der Waals surface area (Å²) in [6.45, 7) is 3.68. The number of hydrogen-bond acceptors (Lipinski definition) is 4. The first kappa shape index (κ1) is 18.3. The molecule has 7 nitrogen and oxygen atoms in total. The minimum Gasteiger partial charge on any atom is -0.481 e. The van der Waals surface area contributed by atoms with E-state index in [4.69, 9.17) is 5.11 Å². The monoisotopic (exact) mass is 366 g/mol. The third-order valence-electron chi connectivity index (χ3n) is 4.55. The van der Waals surface area contributed by atoms with Gasteiger partial charge in [0, 0.05) is 17.8 Å². The van der Waals surface area contributed by atoms with Crippen molar-refractivity contribution in [1.82, 2.24) is 4.90 Å². The number of rotatable bonds is 5. The van der Waals surface area contributed by atoms with Crippen LogP contribution in [0.1, 0.15) is 48.6 Å². The van der Waals surface area contributed by atoms with Crippen LogP contribution in [-0.4, -0.2) is 40.2 Å². The van der Waals surface area contributed by atoms with E-state index in [-0.39, 0.29) is 30.0 Å². The smallest absolute Gasteiger partial charge is 0.305 e. The quantitative estimate of drug-likeness (QED) is 0.792. The number of nitrogens with zero attached hydrogens (tertiary/aromatic N) is 1. The normalized spacial score (nSPS) is 12.9. The molecule has 2 aromatic rings. The topological polar surface area (TPSA) is 104 Å². The Bertz CT molecular complexity index is 980. The van der Waals surface area contributed by atoms with Gasteiger partial charge in [-0.15, -0.1) is 0 Å². The summed E-state index contributed by atoms with van der Waals surface area (Å²) in [5.74, 6) is -2.49. The van der Waals surface area contributed by atoms with Crippen LogP contribution in [-0.2, 0) is 4.79 Å². The van der Waals surface area contributed by atoms with Gasteiger partial charge in [-0.05, 0) is 55.3 Å². The highest BCUT2D eigenvalue weighted by atomic mass is 16.4. The van der Waals surface area contributed by atoms with Crippen molar-refractivity contribution in [3.05, 3.63) is 64.2 Å². The standard InChI is InChI=1S/C20H18N2O5/c1-11-3-4-13(9-12(11)2)18(25)21-14-5-6-15-16(10-14)20(27)22(19(15)26)8-7-17(23)24/h3-6,9-10H,7-8H2,1-2H3,(H,21,25)(H,23,24). The molecule has 0 aliphatic carbocycles. The third kappa shape index (κ3) is 3.57. The highest BCUT2D eigenvalue weighted by Gasteiger charge is 2.35. The largest absolute Gasteiger partial charge is 0.481 e. The van der Waals surface area contributed by atoms with Crippen LogP contribution in [0.15, 0.2) is 36.4 Å². The zero-order valence-electron chi connectivity index (χ0n) is 14.9. The number of aliphatic carboxylic acids is 1. The second-order valence-corrected chi connectivity index (χ2v) is 6.42. The fraction of sp³-hybridized carbons (Fsp3) is 0.200. The highest BCUT2D eigenvalue weighted by molar-refractivity contribution is 6.22. The third-order valence-corrected chi connectivity index (χ3v) is 4.55. The summed E-state index contributed by atoms with van der Waals surface area (Å²) in [5.41, 5.74) is 3.31. The summed E-state index contributed by atoms with van der Waals surface area (Å²) in [4.78, 5) is 48.7. The van der Waals surface area contributed by atoms with Crippen LogP contribution < -0.4 is 5.32 Å². The Labute approximate surface area is 155 Å². The first-order chi connectivity index (χ1) is 12.8. The predicted octanol–water partition coefficient (Wildman–Crippen LogP) is 2.63. The Morgan fingerprint density at radius 1 is 0.963 bits per heavy atom. The summed E-state index contributed by atoms with van der Waals surface area (Å²) in [5, 5.41) is 11.5. The molecular formula is C20H18N2O5. The Kier molecular flexibility index (Phi) is 4.77. The lowest BCUT2D eigenvalue weighted by atomic mass is 10.1. The molecule has 1 heterocycles. The Morgan fingerprint density at radius 2 is 1.67 bits per heavy atom. The van der Waals surface area contributed by atoms with Crippen LogP contribution in [0.25, 0.3) is 0 Å². The maximum Gasteiger partial charge on any atom is 0.305 e. The SMILES string of the molecule is Cc1ccc(C(=O)Nc2ccc3c(c2)C(=O)N(CCC(=O)O)C3=O)cc1C. The summed E-state index contributed by atoms with van der Waals surface area (Å²) in [7, 11) is 0. The van der Waals surface area contributed by atoms with E-state index in [0.717, 1.165) is 16.0 Å². The zero-order chi connectivity index (χ0) is 19.7. The molecule has 0 unspecified atom stereocenters. The average molecular weight is 366 g/mol. The highest BCUT2D eigenvalue weighted by Crippen LogP contribution is 2.26. The fourth-order valence-corrected chi connectivity index (χ4v) is 2.86. The number of carbonyl (C=O) groups is 4. The van der Waals surface area contributed by atoms with Gasteiger partial charge in [0.05, 0.1) is 17.5 Å². The van der Waals surface area contributed by atoms with Gasteiger partial charge >= 0.3 is 5.97 Å². The number of aryl methyl sites for hydroxylation is 2. The van der Waals surface area contributed by atoms with E-state index in [1.807, 2.05) is 19.9 Å². The van der Waals surface area contributed by atoms with Crippen molar-refractivity contribution in [2.75, 3.05) is 11.9 Å². The number of anilines is 1. The molecule has 0 spiro atoms. The van der Waals surface area contributed by atoms with E-state index in [1.165, 1.54) is 12.1 Å². The van der Waals surface area contributed by atoms with Crippen molar-refractivity contribution < 1.29 is 24.3 Å². The van der Waals surface area contributed by atoms with Crippen LogP contribution in [0.4, 0.5) is 5.69 Å². The van der Waals surface area contributed by atoms with Crippen LogP contribution in [0.2, 0.25) is 0 Å². The van der Waals surface area contributed by atoms with E-state index < -0.39 is 17.8 Å². The van der Waals surface area contributed by atoms with Gasteiger partial charge in [-0.1, -0.05) is 6.07 Å². The maximum absolute atomic E-state index is 12.4. The molecule has 3 rings (SSSR count). The molecule has 0 saturated heterocycles. The molecule has 0 fully saturated rings. The molecule has 1 aliphatic rings. The molecule has 27 heavy (non-hydrogen) atoms. The summed E-state index contributed by atoms with van der Waals surface area (Å²) >= 11 is 0. The predicted molar refractivity (Wildman–Crippen MR) is 97.9 cm³/mol. The van der Waals surface area contributed by atoms with Gasteiger partial charge in [-0.25, -0.2) is 0 Å². The zero-order valence-corrected chi connectivity index (χ0v) is 14.9. The van der Waals surface area contributed by atoms with Crippen molar-refractivity contribution in [3.63, 3.8) is 0 Å². The summed E-state index contributed by atoms with van der Waals surface area (Å²) in [6.07, 6.45) is -0.318. The molecule has 2 N–H and O–H groups in total. The second-order valence-electron chi connectivity index (χ2n) is 6.42. The average Bonchev–Trinajstić information content (AvgIpc) is 2.86. The fourth-order valence-electron chi connectivity index (χ4n) is 2.86. The number of carboxylic acid groups (broad SMARTS) is 1. The minimum absolute atomic E-state index is 0.156. The van der Waals surface area contributed by atoms with Crippen LogP contribution >= 0.6 is 0 Å². The molecule has 3 amide bonds. The first-order valence-electron chi connectivity index (χ1n) is 8.38. The lowest BCUT2D eigenvalue weighted by Crippen LogP contribution is -2.31. The number of imide groups is 1. The van der Waals surface area contributed by atoms with E-state index >= 15 is 0 Å². The summed E-state index contributed by atoms with van der Waals surface area (Å²) < 4.78 is 0. The molecule has 1 aliphatic heterocycles. The lowest BCUT2D eigenvalue weighted by Gasteiger charge is -2.11. The van der Waals surface area contributed by atoms with E-state index in [0.29, 0.717) is 11.3 Å². The number of benzene rings is 2. The second kappa shape index (κ2) is 7.03. The van der Waals surface area contributed by atoms with Crippen LogP contribution in [0, 0.1) is 13.8 Å². The van der Waals surface area contributed by atoms with Gasteiger partial charge in [0.1, 0.15) is 0 Å². The number of hydrogen-bond donors (Lipinski definition) is 2. The maximum atomic E-state index is 12.4. The Hall–Kier alpha value is -3.48. The van der Waals surface area contributed by atoms with Crippen molar-refractivity contribution in [2.24, 2.45) is 0 Å². The molecule has 0 atom stereocenters. The van der Waals surface area contributed by atoms with Gasteiger partial charge in [0.15, 0.2) is 0 Å². The first-order valence-corrected chi connectivity index (χ1v) is 8.38. The van der Waals surface area contributed by atoms with Crippen LogP contribution in [0.5, 0.6) is 0 Å². The number of carboxylic acids is 1. The van der Waals surface area contributed by atoms with Crippen molar-refractivity contribution in [3.8, 4) is 0 Å². The van der Waals surface area contributed by atoms with Crippen molar-refractivity contribution >= 4 is 29.4 Å². The molecule has 2 aromatic carbocycles. The summed E-state index contributed by atoms with van der Waals surface area (Å²) in [6, 6.07) is 9.80. The van der Waals surface area contributed by atoms with Crippen molar-refractivity contribution in [2.45, 2.75) is 20.3 Å². The molecule has 0 bridgehead atoms. The molecule has 7 heteroatoms. The number of carbonyl (C=O) groups excluding carboxylic acids is 3. The molecule has 0 radical (unpaired) electrons. The number of fused-ring (bicyclic) bond motifs is 1.